The van der Waals surface area contributed by atoms with Crippen LogP contribution in [0.1, 0.15) is 5.69 Å². The van der Waals surface area contributed by atoms with Crippen LogP contribution in [0, 0.1) is 6.92 Å². The fraction of sp³-hybridized carbons (Fsp3) is 0.143. The van der Waals surface area contributed by atoms with Gasteiger partial charge in [0, 0.05) is 5.69 Å². The second-order valence-electron chi connectivity index (χ2n) is 3.03. The summed E-state index contributed by atoms with van der Waals surface area (Å²) in [7, 11) is 1.94. The molecule has 0 bridgehead atoms. The first-order chi connectivity index (χ1) is 6.13. The Morgan fingerprint density at radius 1 is 1.46 bits per heavy atom. The van der Waals surface area contributed by atoms with E-state index >= 15 is 0 Å². The number of anilines is 2. The predicted octanol–water partition coefficient (Wildman–Crippen LogP) is -1.54. The van der Waals surface area contributed by atoms with Crippen molar-refractivity contribution in [3.63, 3.8) is 0 Å². The Labute approximate surface area is 76.2 Å². The van der Waals surface area contributed by atoms with E-state index in [0.717, 1.165) is 11.2 Å². The minimum atomic E-state index is 0.420. The molecule has 66 valence electrons. The van der Waals surface area contributed by atoms with Gasteiger partial charge >= 0.3 is 0 Å². The van der Waals surface area contributed by atoms with E-state index in [4.69, 9.17) is 11.5 Å². The smallest absolute Gasteiger partial charge is 0.153 e. The lowest BCUT2D eigenvalue weighted by Gasteiger charge is -1.98. The van der Waals surface area contributed by atoms with E-state index in [1.807, 2.05) is 14.8 Å². The highest BCUT2D eigenvalue weighted by atomic mass is 15.3. The van der Waals surface area contributed by atoms with Gasteiger partial charge in [-0.1, -0.05) is 0 Å². The Balaban J connectivity index is 3.03. The van der Waals surface area contributed by atoms with Crippen LogP contribution in [0.25, 0.3) is 5.52 Å². The highest BCUT2D eigenvalue weighted by Gasteiger charge is 2.12. The summed E-state index contributed by atoms with van der Waals surface area (Å²) in [5.74, 6) is 0.420. The molecule has 0 aliphatic carbocycles. The van der Waals surface area contributed by atoms with Crippen LogP contribution >= 0.6 is 0 Å². The second-order valence-corrected chi connectivity index (χ2v) is 3.03. The Bertz CT molecular complexity index is 475. The molecule has 0 aromatic carbocycles. The largest absolute Gasteiger partial charge is 0.397 e. The summed E-state index contributed by atoms with van der Waals surface area (Å²) >= 11 is 0. The summed E-state index contributed by atoms with van der Waals surface area (Å²) in [5, 5.41) is 4.07. The highest BCUT2D eigenvalue weighted by molar-refractivity contribution is 6.38. The van der Waals surface area contributed by atoms with Crippen LogP contribution < -0.4 is 16.9 Å². The lowest BCUT2D eigenvalue weighted by molar-refractivity contribution is 0.878. The lowest BCUT2D eigenvalue weighted by atomic mass is 9.95. The second kappa shape index (κ2) is 2.38. The molecular formula is C7H10BN5. The minimum Gasteiger partial charge on any atom is -0.397 e. The van der Waals surface area contributed by atoms with Crippen LogP contribution in [0.4, 0.5) is 11.5 Å². The molecule has 0 saturated carbocycles. The normalized spacial score (nSPS) is 10.8. The molecule has 4 N–H and O–H groups in total. The third-order valence-corrected chi connectivity index (χ3v) is 2.34. The molecule has 0 atom stereocenters. The first kappa shape index (κ1) is 7.91. The van der Waals surface area contributed by atoms with Gasteiger partial charge in [0.1, 0.15) is 19.7 Å². The predicted molar refractivity (Wildman–Crippen MR) is 54.7 cm³/mol. The van der Waals surface area contributed by atoms with E-state index < -0.39 is 0 Å². The summed E-state index contributed by atoms with van der Waals surface area (Å²) in [4.78, 5) is 3.89. The monoisotopic (exact) mass is 175 g/mol. The fourth-order valence-electron chi connectivity index (χ4n) is 1.40. The number of fused-ring (bicyclic) bond motifs is 1. The van der Waals surface area contributed by atoms with E-state index in [0.29, 0.717) is 17.0 Å². The number of nitrogens with two attached hydrogens (primary N) is 2. The zero-order valence-corrected chi connectivity index (χ0v) is 7.57. The SMILES string of the molecule is Bc1c(N)c2c(N)ncnn2c1C. The highest BCUT2D eigenvalue weighted by Crippen LogP contribution is 2.18. The number of nitrogens with zero attached hydrogens (tertiary/aromatic N) is 3. The van der Waals surface area contributed by atoms with Crippen LogP contribution in [0.15, 0.2) is 6.33 Å². The maximum atomic E-state index is 5.86. The fourth-order valence-corrected chi connectivity index (χ4v) is 1.40. The van der Waals surface area contributed by atoms with Crippen LogP contribution in [0.2, 0.25) is 0 Å². The number of aromatic nitrogens is 3. The number of nitrogen functional groups attached to an aromatic ring is 2. The maximum Gasteiger partial charge on any atom is 0.153 e. The summed E-state index contributed by atoms with van der Waals surface area (Å²) < 4.78 is 1.72. The van der Waals surface area contributed by atoms with Crippen molar-refractivity contribution >= 4 is 30.3 Å². The minimum absolute atomic E-state index is 0.420. The molecule has 0 spiro atoms. The maximum absolute atomic E-state index is 5.86. The lowest BCUT2D eigenvalue weighted by Crippen LogP contribution is -2.09. The van der Waals surface area contributed by atoms with Crippen LogP contribution in [-0.4, -0.2) is 22.4 Å². The molecule has 0 aliphatic heterocycles. The summed E-state index contributed by atoms with van der Waals surface area (Å²) in [6.07, 6.45) is 1.42. The van der Waals surface area contributed by atoms with Gasteiger partial charge in [0.05, 0.1) is 5.69 Å². The quantitative estimate of drug-likeness (QED) is 0.475. The number of hydrogen-bond acceptors (Lipinski definition) is 4. The first-order valence-corrected chi connectivity index (χ1v) is 3.96. The molecule has 2 aromatic heterocycles. The van der Waals surface area contributed by atoms with Gasteiger partial charge in [-0.15, -0.1) is 0 Å². The molecule has 0 unspecified atom stereocenters. The average Bonchev–Trinajstić information content (AvgIpc) is 2.33. The molecule has 0 fully saturated rings. The van der Waals surface area contributed by atoms with Crippen molar-refractivity contribution in [2.75, 3.05) is 11.5 Å². The van der Waals surface area contributed by atoms with Gasteiger partial charge in [0.15, 0.2) is 5.82 Å². The molecule has 2 rings (SSSR count). The van der Waals surface area contributed by atoms with E-state index in [9.17, 15) is 0 Å². The molecule has 0 saturated heterocycles. The van der Waals surface area contributed by atoms with Crippen molar-refractivity contribution in [1.29, 1.82) is 0 Å². The van der Waals surface area contributed by atoms with Gasteiger partial charge in [0.25, 0.3) is 0 Å². The van der Waals surface area contributed by atoms with Crippen molar-refractivity contribution in [3.8, 4) is 0 Å². The Kier molecular flexibility index (Phi) is 1.45. The van der Waals surface area contributed by atoms with Gasteiger partial charge in [-0.3, -0.25) is 0 Å². The zero-order valence-electron chi connectivity index (χ0n) is 7.57. The van der Waals surface area contributed by atoms with Gasteiger partial charge in [-0.2, -0.15) is 5.10 Å². The van der Waals surface area contributed by atoms with Crippen LogP contribution in [-0.2, 0) is 0 Å². The molecule has 2 heterocycles. The van der Waals surface area contributed by atoms with Crippen molar-refractivity contribution in [2.45, 2.75) is 6.92 Å². The number of rotatable bonds is 0. The van der Waals surface area contributed by atoms with Crippen molar-refractivity contribution in [3.05, 3.63) is 12.0 Å². The van der Waals surface area contributed by atoms with E-state index in [1.54, 1.807) is 4.52 Å². The molecule has 0 amide bonds. The summed E-state index contributed by atoms with van der Waals surface area (Å²) in [6, 6.07) is 0. The third kappa shape index (κ3) is 0.882. The van der Waals surface area contributed by atoms with Gasteiger partial charge in [0.2, 0.25) is 0 Å². The van der Waals surface area contributed by atoms with Crippen molar-refractivity contribution in [2.24, 2.45) is 0 Å². The van der Waals surface area contributed by atoms with Crippen LogP contribution in [0.3, 0.4) is 0 Å². The Morgan fingerprint density at radius 3 is 2.77 bits per heavy atom. The van der Waals surface area contributed by atoms with Crippen molar-refractivity contribution in [1.82, 2.24) is 14.6 Å². The zero-order chi connectivity index (χ0) is 9.59. The Morgan fingerprint density at radius 2 is 2.15 bits per heavy atom. The first-order valence-electron chi connectivity index (χ1n) is 3.96. The number of hydrogen-bond donors (Lipinski definition) is 2. The van der Waals surface area contributed by atoms with Gasteiger partial charge in [-0.25, -0.2) is 9.50 Å². The molecule has 2 aromatic rings. The van der Waals surface area contributed by atoms with Gasteiger partial charge in [-0.05, 0) is 12.4 Å². The molecule has 6 heteroatoms. The molecule has 0 aliphatic rings. The number of aryl methyl sites for hydroxylation is 1. The summed E-state index contributed by atoms with van der Waals surface area (Å²) in [5.41, 5.74) is 14.9. The Hall–Kier alpha value is -1.72. The molecule has 5 nitrogen and oxygen atoms in total. The van der Waals surface area contributed by atoms with E-state index in [1.165, 1.54) is 6.33 Å². The molecule has 0 radical (unpaired) electrons. The molecule has 13 heavy (non-hydrogen) atoms. The average molecular weight is 175 g/mol. The van der Waals surface area contributed by atoms with E-state index in [2.05, 4.69) is 10.1 Å². The summed E-state index contributed by atoms with van der Waals surface area (Å²) in [6.45, 7) is 1.95. The topological polar surface area (TPSA) is 82.2 Å². The third-order valence-electron chi connectivity index (χ3n) is 2.34. The van der Waals surface area contributed by atoms with Gasteiger partial charge < -0.3 is 11.5 Å². The van der Waals surface area contributed by atoms with Crippen molar-refractivity contribution < 1.29 is 0 Å². The molecular weight excluding hydrogens is 165 g/mol. The van der Waals surface area contributed by atoms with Crippen LogP contribution in [0.5, 0.6) is 0 Å². The standard InChI is InChI=1S/C7H10BN5/c1-3-4(8)5(9)6-7(10)11-2-12-13(3)6/h2H,8-9H2,1H3,(H2,10,11,12). The van der Waals surface area contributed by atoms with E-state index in [-0.39, 0.29) is 0 Å².